The van der Waals surface area contributed by atoms with Crippen LogP contribution in [-0.4, -0.2) is 29.6 Å². The SMILES string of the molecule is CCC[C@H](NC(=O)CCC(CCN)C(C)C)C(=O)O. The Morgan fingerprint density at radius 1 is 1.21 bits per heavy atom. The van der Waals surface area contributed by atoms with Crippen LogP contribution in [0.4, 0.5) is 0 Å². The Morgan fingerprint density at radius 3 is 2.26 bits per heavy atom. The summed E-state index contributed by atoms with van der Waals surface area (Å²) < 4.78 is 0. The molecule has 0 spiro atoms. The first-order valence-electron chi connectivity index (χ1n) is 7.14. The first kappa shape index (κ1) is 17.9. The van der Waals surface area contributed by atoms with E-state index in [-0.39, 0.29) is 5.91 Å². The zero-order valence-corrected chi connectivity index (χ0v) is 12.3. The summed E-state index contributed by atoms with van der Waals surface area (Å²) >= 11 is 0. The Kier molecular flexibility index (Phi) is 9.21. The van der Waals surface area contributed by atoms with E-state index in [9.17, 15) is 9.59 Å². The molecule has 0 aromatic carbocycles. The molecule has 0 fully saturated rings. The molecule has 0 heterocycles. The van der Waals surface area contributed by atoms with E-state index in [4.69, 9.17) is 10.8 Å². The highest BCUT2D eigenvalue weighted by Gasteiger charge is 2.20. The normalized spacial score (nSPS) is 14.2. The molecule has 5 nitrogen and oxygen atoms in total. The lowest BCUT2D eigenvalue weighted by molar-refractivity contribution is -0.142. The van der Waals surface area contributed by atoms with Crippen LogP contribution in [0.1, 0.15) is 52.9 Å². The number of nitrogens with two attached hydrogens (primary N) is 1. The van der Waals surface area contributed by atoms with Crippen molar-refractivity contribution in [1.29, 1.82) is 0 Å². The van der Waals surface area contributed by atoms with Gasteiger partial charge in [-0.1, -0.05) is 27.2 Å². The summed E-state index contributed by atoms with van der Waals surface area (Å²) in [6.07, 6.45) is 3.24. The van der Waals surface area contributed by atoms with Gasteiger partial charge in [0.15, 0.2) is 0 Å². The lowest BCUT2D eigenvalue weighted by Gasteiger charge is -2.20. The highest BCUT2D eigenvalue weighted by Crippen LogP contribution is 2.20. The Hall–Kier alpha value is -1.10. The van der Waals surface area contributed by atoms with Gasteiger partial charge in [-0.2, -0.15) is 0 Å². The number of carboxylic acid groups (broad SMARTS) is 1. The molecule has 112 valence electrons. The number of carboxylic acids is 1. The second kappa shape index (κ2) is 9.78. The smallest absolute Gasteiger partial charge is 0.326 e. The van der Waals surface area contributed by atoms with E-state index in [1.807, 2.05) is 6.92 Å². The van der Waals surface area contributed by atoms with Gasteiger partial charge in [0.25, 0.3) is 0 Å². The third-order valence-corrected chi connectivity index (χ3v) is 3.43. The Labute approximate surface area is 115 Å². The third kappa shape index (κ3) is 7.82. The van der Waals surface area contributed by atoms with Gasteiger partial charge in [-0.15, -0.1) is 0 Å². The number of rotatable bonds is 10. The van der Waals surface area contributed by atoms with Gasteiger partial charge in [0, 0.05) is 6.42 Å². The van der Waals surface area contributed by atoms with Gasteiger partial charge in [-0.05, 0) is 37.6 Å². The summed E-state index contributed by atoms with van der Waals surface area (Å²) in [4.78, 5) is 22.7. The molecule has 0 radical (unpaired) electrons. The zero-order valence-electron chi connectivity index (χ0n) is 12.3. The number of hydrogen-bond donors (Lipinski definition) is 3. The number of carbonyl (C=O) groups is 2. The molecular formula is C14H28N2O3. The molecule has 0 aliphatic heterocycles. The van der Waals surface area contributed by atoms with Crippen LogP contribution in [0, 0.1) is 11.8 Å². The van der Waals surface area contributed by atoms with Crippen molar-refractivity contribution < 1.29 is 14.7 Å². The van der Waals surface area contributed by atoms with Crippen molar-refractivity contribution in [2.45, 2.75) is 58.9 Å². The van der Waals surface area contributed by atoms with Crippen LogP contribution in [0.3, 0.4) is 0 Å². The maximum absolute atomic E-state index is 11.8. The van der Waals surface area contributed by atoms with Crippen molar-refractivity contribution in [2.75, 3.05) is 6.54 Å². The summed E-state index contributed by atoms with van der Waals surface area (Å²) in [7, 11) is 0. The van der Waals surface area contributed by atoms with Crippen LogP contribution in [0.5, 0.6) is 0 Å². The van der Waals surface area contributed by atoms with E-state index >= 15 is 0 Å². The average Bonchev–Trinajstić information content (AvgIpc) is 2.33. The van der Waals surface area contributed by atoms with Crippen LogP contribution < -0.4 is 11.1 Å². The fourth-order valence-corrected chi connectivity index (χ4v) is 2.15. The van der Waals surface area contributed by atoms with E-state index < -0.39 is 12.0 Å². The van der Waals surface area contributed by atoms with E-state index in [1.165, 1.54) is 0 Å². The zero-order chi connectivity index (χ0) is 14.8. The molecule has 0 aromatic heterocycles. The highest BCUT2D eigenvalue weighted by molar-refractivity contribution is 5.83. The number of amides is 1. The van der Waals surface area contributed by atoms with Crippen LogP contribution in [0.25, 0.3) is 0 Å². The number of hydrogen-bond acceptors (Lipinski definition) is 3. The second-order valence-corrected chi connectivity index (χ2v) is 5.37. The molecule has 0 bridgehead atoms. The van der Waals surface area contributed by atoms with Gasteiger partial charge in [0.2, 0.25) is 5.91 Å². The molecular weight excluding hydrogens is 244 g/mol. The molecule has 0 aliphatic rings. The van der Waals surface area contributed by atoms with E-state index in [1.54, 1.807) is 0 Å². The Balaban J connectivity index is 4.18. The summed E-state index contributed by atoms with van der Waals surface area (Å²) in [6.45, 7) is 6.76. The van der Waals surface area contributed by atoms with E-state index in [2.05, 4.69) is 19.2 Å². The summed E-state index contributed by atoms with van der Waals surface area (Å²) in [5.41, 5.74) is 5.56. The maximum atomic E-state index is 11.8. The van der Waals surface area contributed by atoms with Crippen LogP contribution in [0.15, 0.2) is 0 Å². The molecule has 4 N–H and O–H groups in total. The van der Waals surface area contributed by atoms with Gasteiger partial charge >= 0.3 is 5.97 Å². The summed E-state index contributed by atoms with van der Waals surface area (Å²) in [5.74, 6) is -0.228. The standard InChI is InChI=1S/C14H28N2O3/c1-4-5-12(14(18)19)16-13(17)7-6-11(8-9-15)10(2)3/h10-12H,4-9,15H2,1-3H3,(H,16,17)(H,18,19)/t11?,12-/m0/s1. The first-order valence-corrected chi connectivity index (χ1v) is 7.14. The lowest BCUT2D eigenvalue weighted by Crippen LogP contribution is -2.40. The highest BCUT2D eigenvalue weighted by atomic mass is 16.4. The van der Waals surface area contributed by atoms with Crippen molar-refractivity contribution in [3.05, 3.63) is 0 Å². The van der Waals surface area contributed by atoms with Crippen molar-refractivity contribution in [1.82, 2.24) is 5.32 Å². The van der Waals surface area contributed by atoms with E-state index in [0.29, 0.717) is 31.2 Å². The van der Waals surface area contributed by atoms with Gasteiger partial charge < -0.3 is 16.2 Å². The average molecular weight is 272 g/mol. The van der Waals surface area contributed by atoms with Crippen LogP contribution in [0.2, 0.25) is 0 Å². The minimum Gasteiger partial charge on any atom is -0.480 e. The van der Waals surface area contributed by atoms with Crippen LogP contribution in [-0.2, 0) is 9.59 Å². The molecule has 19 heavy (non-hydrogen) atoms. The van der Waals surface area contributed by atoms with Crippen molar-refractivity contribution >= 4 is 11.9 Å². The van der Waals surface area contributed by atoms with Crippen LogP contribution >= 0.6 is 0 Å². The fourth-order valence-electron chi connectivity index (χ4n) is 2.15. The van der Waals surface area contributed by atoms with Crippen molar-refractivity contribution in [2.24, 2.45) is 17.6 Å². The molecule has 1 amide bonds. The number of aliphatic carboxylic acids is 1. The number of nitrogens with one attached hydrogen (secondary N) is 1. The van der Waals surface area contributed by atoms with Gasteiger partial charge in [-0.3, -0.25) is 4.79 Å². The topological polar surface area (TPSA) is 92.4 Å². The molecule has 1 unspecified atom stereocenters. The Bertz CT molecular complexity index is 280. The molecule has 2 atom stereocenters. The predicted octanol–water partition coefficient (Wildman–Crippen LogP) is 1.76. The minimum absolute atomic E-state index is 0.177. The Morgan fingerprint density at radius 2 is 1.84 bits per heavy atom. The molecule has 0 rings (SSSR count). The lowest BCUT2D eigenvalue weighted by atomic mass is 9.88. The third-order valence-electron chi connectivity index (χ3n) is 3.43. The van der Waals surface area contributed by atoms with E-state index in [0.717, 1.165) is 19.3 Å². The van der Waals surface area contributed by atoms with Crippen molar-refractivity contribution in [3.63, 3.8) is 0 Å². The maximum Gasteiger partial charge on any atom is 0.326 e. The van der Waals surface area contributed by atoms with Crippen molar-refractivity contribution in [3.8, 4) is 0 Å². The molecule has 0 aromatic rings. The molecule has 5 heteroatoms. The summed E-state index contributed by atoms with van der Waals surface area (Å²) in [6, 6.07) is -0.760. The molecule has 0 aliphatic carbocycles. The van der Waals surface area contributed by atoms with Gasteiger partial charge in [-0.25, -0.2) is 4.79 Å². The molecule has 0 saturated carbocycles. The second-order valence-electron chi connectivity index (χ2n) is 5.37. The van der Waals surface area contributed by atoms with Gasteiger partial charge in [0.1, 0.15) is 6.04 Å². The summed E-state index contributed by atoms with van der Waals surface area (Å²) in [5, 5.41) is 11.6. The minimum atomic E-state index is -0.961. The molecule has 0 saturated heterocycles. The number of carbonyl (C=O) groups excluding carboxylic acids is 1. The largest absolute Gasteiger partial charge is 0.480 e. The first-order chi connectivity index (χ1) is 8.92. The predicted molar refractivity (Wildman–Crippen MR) is 75.7 cm³/mol. The van der Waals surface area contributed by atoms with Gasteiger partial charge in [0.05, 0.1) is 0 Å². The monoisotopic (exact) mass is 272 g/mol. The quantitative estimate of drug-likeness (QED) is 0.565. The fraction of sp³-hybridized carbons (Fsp3) is 0.857.